The van der Waals surface area contributed by atoms with Gasteiger partial charge in [-0.05, 0) is 13.3 Å². The number of amides is 1. The van der Waals surface area contributed by atoms with Gasteiger partial charge in [0, 0.05) is 20.0 Å². The van der Waals surface area contributed by atoms with E-state index in [-0.39, 0.29) is 10.7 Å². The van der Waals surface area contributed by atoms with Crippen LogP contribution in [0.25, 0.3) is 0 Å². The van der Waals surface area contributed by atoms with Crippen molar-refractivity contribution in [1.29, 1.82) is 0 Å². The maximum absolute atomic E-state index is 11.7. The molecule has 1 aliphatic rings. The molecule has 0 radical (unpaired) electrons. The highest BCUT2D eigenvalue weighted by molar-refractivity contribution is 9.10. The van der Waals surface area contributed by atoms with E-state index in [1.807, 2.05) is 6.92 Å². The number of alkyl halides is 1. The third-order valence-corrected chi connectivity index (χ3v) is 3.17. The van der Waals surface area contributed by atoms with Crippen LogP contribution in [-0.4, -0.2) is 37.4 Å². The highest BCUT2D eigenvalue weighted by Gasteiger charge is 2.21. The molecule has 5 nitrogen and oxygen atoms in total. The number of aryl methyl sites for hydroxylation is 1. The van der Waals surface area contributed by atoms with Crippen LogP contribution in [0.1, 0.15) is 25.0 Å². The average Bonchev–Trinajstić information content (AvgIpc) is 2.81. The molecule has 0 bridgehead atoms. The number of hydrogen-bond acceptors (Lipinski definition) is 3. The predicted octanol–water partition coefficient (Wildman–Crippen LogP) is 0.966. The predicted molar refractivity (Wildman–Crippen MR) is 63.2 cm³/mol. The average molecular weight is 287 g/mol. The number of halogens is 1. The number of nitrogens with zero attached hydrogens (tertiary/aromatic N) is 4. The van der Waals surface area contributed by atoms with Crippen LogP contribution in [-0.2, 0) is 24.3 Å². The molecule has 0 saturated carbocycles. The van der Waals surface area contributed by atoms with Crippen LogP contribution in [0.4, 0.5) is 0 Å². The molecule has 1 aromatic heterocycles. The summed E-state index contributed by atoms with van der Waals surface area (Å²) in [5, 5.41) is 8.24. The Hall–Kier alpha value is -0.910. The molecule has 2 heterocycles. The van der Waals surface area contributed by atoms with Gasteiger partial charge < -0.3 is 9.47 Å². The topological polar surface area (TPSA) is 51.0 Å². The van der Waals surface area contributed by atoms with Gasteiger partial charge in [-0.2, -0.15) is 0 Å². The quantitative estimate of drug-likeness (QED) is 0.778. The summed E-state index contributed by atoms with van der Waals surface area (Å²) in [6.07, 6.45) is 2.13. The van der Waals surface area contributed by atoms with Crippen LogP contribution in [0.3, 0.4) is 0 Å². The van der Waals surface area contributed by atoms with Gasteiger partial charge >= 0.3 is 0 Å². The summed E-state index contributed by atoms with van der Waals surface area (Å²) in [7, 11) is 1.79. The van der Waals surface area contributed by atoms with E-state index in [2.05, 4.69) is 30.7 Å². The Labute approximate surface area is 103 Å². The Morgan fingerprint density at radius 1 is 1.62 bits per heavy atom. The summed E-state index contributed by atoms with van der Waals surface area (Å²) in [5.74, 6) is 1.99. The molecule has 0 saturated heterocycles. The fourth-order valence-electron chi connectivity index (χ4n) is 1.92. The fraction of sp³-hybridized carbons (Fsp3) is 0.700. The molecular weight excluding hydrogens is 272 g/mol. The van der Waals surface area contributed by atoms with E-state index in [9.17, 15) is 4.79 Å². The van der Waals surface area contributed by atoms with Crippen molar-refractivity contribution in [3.8, 4) is 0 Å². The summed E-state index contributed by atoms with van der Waals surface area (Å²) in [6.45, 7) is 3.33. The van der Waals surface area contributed by atoms with Crippen molar-refractivity contribution in [3.63, 3.8) is 0 Å². The summed E-state index contributed by atoms with van der Waals surface area (Å²) in [5.41, 5.74) is 0. The zero-order valence-electron chi connectivity index (χ0n) is 9.48. The van der Waals surface area contributed by atoms with Gasteiger partial charge in [0.05, 0.1) is 11.4 Å². The first-order chi connectivity index (χ1) is 7.59. The van der Waals surface area contributed by atoms with Crippen molar-refractivity contribution < 1.29 is 4.79 Å². The summed E-state index contributed by atoms with van der Waals surface area (Å²) in [4.78, 5) is 13.2. The van der Waals surface area contributed by atoms with E-state index in [4.69, 9.17) is 0 Å². The fourth-order valence-corrected chi connectivity index (χ4v) is 2.27. The molecule has 6 heteroatoms. The minimum atomic E-state index is -0.154. The second-order valence-corrected chi connectivity index (χ2v) is 5.47. The maximum atomic E-state index is 11.7. The standard InChI is InChI=1S/C10H15BrN4O/c1-7(11)10(16)14(2)6-9-13-12-8-4-3-5-15(8)9/h7H,3-6H2,1-2H3. The number of hydrogen-bond donors (Lipinski definition) is 0. The first-order valence-electron chi connectivity index (χ1n) is 5.39. The van der Waals surface area contributed by atoms with Crippen molar-refractivity contribution in [2.75, 3.05) is 7.05 Å². The molecule has 1 aliphatic heterocycles. The van der Waals surface area contributed by atoms with Gasteiger partial charge in [0.2, 0.25) is 5.91 Å². The van der Waals surface area contributed by atoms with Crippen molar-refractivity contribution >= 4 is 21.8 Å². The molecule has 2 rings (SSSR count). The molecule has 88 valence electrons. The summed E-state index contributed by atoms with van der Waals surface area (Å²) >= 11 is 3.27. The molecule has 0 aliphatic carbocycles. The van der Waals surface area contributed by atoms with E-state index in [0.29, 0.717) is 6.54 Å². The second-order valence-electron chi connectivity index (χ2n) is 4.10. The third-order valence-electron chi connectivity index (χ3n) is 2.78. The zero-order valence-corrected chi connectivity index (χ0v) is 11.1. The first kappa shape index (κ1) is 11.6. The van der Waals surface area contributed by atoms with Gasteiger partial charge in [0.1, 0.15) is 5.82 Å². The molecule has 1 atom stereocenters. The van der Waals surface area contributed by atoms with Crippen molar-refractivity contribution in [2.24, 2.45) is 0 Å². The van der Waals surface area contributed by atoms with E-state index in [1.165, 1.54) is 0 Å². The molecule has 0 fully saturated rings. The Morgan fingerprint density at radius 3 is 3.06 bits per heavy atom. The lowest BCUT2D eigenvalue weighted by Gasteiger charge is -2.18. The Balaban J connectivity index is 2.07. The van der Waals surface area contributed by atoms with Gasteiger partial charge in [-0.3, -0.25) is 4.79 Å². The number of carbonyl (C=O) groups is 1. The molecule has 0 aromatic carbocycles. The molecule has 1 unspecified atom stereocenters. The van der Waals surface area contributed by atoms with Crippen LogP contribution in [0.5, 0.6) is 0 Å². The summed E-state index contributed by atoms with van der Waals surface area (Å²) < 4.78 is 2.11. The lowest BCUT2D eigenvalue weighted by Crippen LogP contribution is -2.32. The van der Waals surface area contributed by atoms with Crippen molar-refractivity contribution in [2.45, 2.75) is 37.7 Å². The smallest absolute Gasteiger partial charge is 0.236 e. The minimum Gasteiger partial charge on any atom is -0.337 e. The molecule has 16 heavy (non-hydrogen) atoms. The lowest BCUT2D eigenvalue weighted by atomic mass is 10.4. The molecular formula is C10H15BrN4O. The van der Waals surface area contributed by atoms with E-state index in [0.717, 1.165) is 31.0 Å². The van der Waals surface area contributed by atoms with Crippen LogP contribution < -0.4 is 0 Å². The zero-order chi connectivity index (χ0) is 11.7. The van der Waals surface area contributed by atoms with E-state index < -0.39 is 0 Å². The molecule has 0 spiro atoms. The van der Waals surface area contributed by atoms with Gasteiger partial charge in [0.25, 0.3) is 0 Å². The molecule has 1 aromatic rings. The van der Waals surface area contributed by atoms with Crippen LogP contribution >= 0.6 is 15.9 Å². The highest BCUT2D eigenvalue weighted by Crippen LogP contribution is 2.15. The van der Waals surface area contributed by atoms with Crippen LogP contribution in [0.15, 0.2) is 0 Å². The number of fused-ring (bicyclic) bond motifs is 1. The molecule has 1 amide bonds. The monoisotopic (exact) mass is 286 g/mol. The van der Waals surface area contributed by atoms with Gasteiger partial charge in [-0.25, -0.2) is 0 Å². The Morgan fingerprint density at radius 2 is 2.38 bits per heavy atom. The van der Waals surface area contributed by atoms with Crippen LogP contribution in [0.2, 0.25) is 0 Å². The molecule has 0 N–H and O–H groups in total. The van der Waals surface area contributed by atoms with Gasteiger partial charge in [-0.1, -0.05) is 15.9 Å². The van der Waals surface area contributed by atoms with E-state index >= 15 is 0 Å². The second kappa shape index (κ2) is 4.53. The van der Waals surface area contributed by atoms with Crippen molar-refractivity contribution in [3.05, 3.63) is 11.6 Å². The number of rotatable bonds is 3. The summed E-state index contributed by atoms with van der Waals surface area (Å²) in [6, 6.07) is 0. The van der Waals surface area contributed by atoms with Crippen molar-refractivity contribution in [1.82, 2.24) is 19.7 Å². The van der Waals surface area contributed by atoms with Gasteiger partial charge in [-0.15, -0.1) is 10.2 Å². The first-order valence-corrected chi connectivity index (χ1v) is 6.31. The Bertz CT molecular complexity index is 402. The largest absolute Gasteiger partial charge is 0.337 e. The third kappa shape index (κ3) is 2.11. The lowest BCUT2D eigenvalue weighted by molar-refractivity contribution is -0.129. The maximum Gasteiger partial charge on any atom is 0.236 e. The minimum absolute atomic E-state index is 0.0651. The van der Waals surface area contributed by atoms with Crippen LogP contribution in [0, 0.1) is 0 Å². The normalized spacial score (nSPS) is 15.9. The number of aromatic nitrogens is 3. The SMILES string of the molecule is CC(Br)C(=O)N(C)Cc1nnc2n1CCC2. The van der Waals surface area contributed by atoms with E-state index in [1.54, 1.807) is 11.9 Å². The highest BCUT2D eigenvalue weighted by atomic mass is 79.9. The Kier molecular flexibility index (Phi) is 3.28. The van der Waals surface area contributed by atoms with Gasteiger partial charge in [0.15, 0.2) is 5.82 Å². The number of carbonyl (C=O) groups excluding carboxylic acids is 1.